The van der Waals surface area contributed by atoms with E-state index in [4.69, 9.17) is 4.42 Å². The van der Waals surface area contributed by atoms with Crippen molar-refractivity contribution in [2.45, 2.75) is 33.1 Å². The van der Waals surface area contributed by atoms with Gasteiger partial charge in [0.05, 0.1) is 17.8 Å². The standard InChI is InChI=1S/C18H26N4OS/c1-4-16-13-21-17(24-16)8-10-20-18(22-12-14(2)3)19-9-7-15-6-5-11-23-15/h5-6,11,13H,2,4,7-10,12H2,1,3H3,(H2,19,20,22). The molecule has 0 atom stereocenters. The predicted molar refractivity (Wildman–Crippen MR) is 101 cm³/mol. The Morgan fingerprint density at radius 1 is 1.33 bits per heavy atom. The third kappa shape index (κ3) is 6.58. The summed E-state index contributed by atoms with van der Waals surface area (Å²) in [4.78, 5) is 10.3. The lowest BCUT2D eigenvalue weighted by Gasteiger charge is -2.12. The van der Waals surface area contributed by atoms with E-state index in [9.17, 15) is 0 Å². The van der Waals surface area contributed by atoms with E-state index in [1.54, 1.807) is 17.6 Å². The number of aryl methyl sites for hydroxylation is 1. The molecule has 2 aromatic rings. The van der Waals surface area contributed by atoms with E-state index < -0.39 is 0 Å². The van der Waals surface area contributed by atoms with Crippen molar-refractivity contribution in [2.75, 3.05) is 19.6 Å². The highest BCUT2D eigenvalue weighted by molar-refractivity contribution is 7.11. The quantitative estimate of drug-likeness (QED) is 0.416. The zero-order valence-electron chi connectivity index (χ0n) is 14.5. The molecule has 0 unspecified atom stereocenters. The van der Waals surface area contributed by atoms with Crippen LogP contribution in [-0.2, 0) is 19.3 Å². The van der Waals surface area contributed by atoms with E-state index in [1.165, 1.54) is 4.88 Å². The highest BCUT2D eigenvalue weighted by Crippen LogP contribution is 2.13. The fourth-order valence-electron chi connectivity index (χ4n) is 2.06. The molecule has 24 heavy (non-hydrogen) atoms. The van der Waals surface area contributed by atoms with Crippen molar-refractivity contribution in [3.05, 3.63) is 52.4 Å². The first-order valence-corrected chi connectivity index (χ1v) is 9.11. The highest BCUT2D eigenvalue weighted by Gasteiger charge is 2.03. The van der Waals surface area contributed by atoms with E-state index in [0.29, 0.717) is 6.54 Å². The first-order chi connectivity index (χ1) is 11.7. The molecule has 130 valence electrons. The lowest BCUT2D eigenvalue weighted by atomic mass is 10.3. The Balaban J connectivity index is 1.78. The Morgan fingerprint density at radius 3 is 2.75 bits per heavy atom. The van der Waals surface area contributed by atoms with E-state index in [-0.39, 0.29) is 0 Å². The van der Waals surface area contributed by atoms with E-state index in [1.807, 2.05) is 25.3 Å². The number of nitrogens with zero attached hydrogens (tertiary/aromatic N) is 2. The number of rotatable bonds is 9. The Labute approximate surface area is 147 Å². The second-order valence-corrected chi connectivity index (χ2v) is 6.83. The first kappa shape index (κ1) is 18.3. The molecule has 0 saturated heterocycles. The van der Waals surface area contributed by atoms with Gasteiger partial charge in [-0.05, 0) is 25.5 Å². The summed E-state index contributed by atoms with van der Waals surface area (Å²) in [6.45, 7) is 10.2. The van der Waals surface area contributed by atoms with Gasteiger partial charge < -0.3 is 15.1 Å². The number of guanidine groups is 1. The number of hydrogen-bond acceptors (Lipinski definition) is 4. The molecule has 0 bridgehead atoms. The Hall–Kier alpha value is -2.08. The summed E-state index contributed by atoms with van der Waals surface area (Å²) in [6, 6.07) is 3.88. The zero-order valence-corrected chi connectivity index (χ0v) is 15.3. The number of furan rings is 1. The minimum Gasteiger partial charge on any atom is -0.469 e. The van der Waals surface area contributed by atoms with Gasteiger partial charge in [-0.25, -0.2) is 9.98 Å². The van der Waals surface area contributed by atoms with Crippen molar-refractivity contribution in [3.63, 3.8) is 0 Å². The normalized spacial score (nSPS) is 11.5. The molecule has 0 spiro atoms. The van der Waals surface area contributed by atoms with E-state index in [2.05, 4.69) is 34.1 Å². The molecule has 2 aromatic heterocycles. The van der Waals surface area contributed by atoms with Gasteiger partial charge in [-0.15, -0.1) is 11.3 Å². The van der Waals surface area contributed by atoms with Crippen molar-refractivity contribution in [1.82, 2.24) is 15.6 Å². The van der Waals surface area contributed by atoms with Crippen LogP contribution in [0.4, 0.5) is 0 Å². The third-order valence-corrected chi connectivity index (χ3v) is 4.53. The van der Waals surface area contributed by atoms with Crippen LogP contribution in [0.1, 0.15) is 29.5 Å². The van der Waals surface area contributed by atoms with Gasteiger partial charge in [0.25, 0.3) is 0 Å². The summed E-state index contributed by atoms with van der Waals surface area (Å²) < 4.78 is 5.34. The predicted octanol–water partition coefficient (Wildman–Crippen LogP) is 3.20. The average molecular weight is 347 g/mol. The number of hydrogen-bond donors (Lipinski definition) is 2. The second-order valence-electron chi connectivity index (χ2n) is 5.63. The molecule has 2 rings (SSSR count). The molecule has 0 amide bonds. The summed E-state index contributed by atoms with van der Waals surface area (Å²) in [5.74, 6) is 1.77. The Kier molecular flexibility index (Phi) is 7.55. The van der Waals surface area contributed by atoms with Crippen LogP contribution in [0.15, 0.2) is 46.2 Å². The van der Waals surface area contributed by atoms with Gasteiger partial charge in [0, 0.05) is 37.0 Å². The van der Waals surface area contributed by atoms with E-state index >= 15 is 0 Å². The maximum Gasteiger partial charge on any atom is 0.191 e. The van der Waals surface area contributed by atoms with Crippen LogP contribution in [-0.4, -0.2) is 30.6 Å². The maximum atomic E-state index is 5.34. The summed E-state index contributed by atoms with van der Waals surface area (Å²) >= 11 is 1.78. The van der Waals surface area contributed by atoms with Crippen LogP contribution in [0.3, 0.4) is 0 Å². The minimum absolute atomic E-state index is 0.618. The van der Waals surface area contributed by atoms with Crippen LogP contribution >= 0.6 is 11.3 Å². The Bertz CT molecular complexity index is 646. The smallest absolute Gasteiger partial charge is 0.191 e. The fraction of sp³-hybridized carbons (Fsp3) is 0.444. The number of nitrogens with one attached hydrogen (secondary N) is 2. The monoisotopic (exact) mass is 346 g/mol. The van der Waals surface area contributed by atoms with Gasteiger partial charge in [0.1, 0.15) is 5.76 Å². The molecule has 2 heterocycles. The molecule has 0 aliphatic rings. The second kappa shape index (κ2) is 9.93. The van der Waals surface area contributed by atoms with Crippen molar-refractivity contribution < 1.29 is 4.42 Å². The van der Waals surface area contributed by atoms with Crippen LogP contribution in [0.2, 0.25) is 0 Å². The van der Waals surface area contributed by atoms with Crippen molar-refractivity contribution in [3.8, 4) is 0 Å². The van der Waals surface area contributed by atoms with Gasteiger partial charge >= 0.3 is 0 Å². The summed E-state index contributed by atoms with van der Waals surface area (Å²) in [5, 5.41) is 7.86. The van der Waals surface area contributed by atoms with E-state index in [0.717, 1.165) is 54.7 Å². The molecule has 6 heteroatoms. The van der Waals surface area contributed by atoms with Gasteiger partial charge in [0.15, 0.2) is 5.96 Å². The molecule has 0 saturated carbocycles. The van der Waals surface area contributed by atoms with Crippen LogP contribution in [0, 0.1) is 0 Å². The van der Waals surface area contributed by atoms with Crippen molar-refractivity contribution in [1.29, 1.82) is 0 Å². The lowest BCUT2D eigenvalue weighted by Crippen LogP contribution is -2.39. The largest absolute Gasteiger partial charge is 0.469 e. The summed E-state index contributed by atoms with van der Waals surface area (Å²) in [6.07, 6.45) is 6.44. The van der Waals surface area contributed by atoms with Crippen LogP contribution in [0.25, 0.3) is 0 Å². The van der Waals surface area contributed by atoms with Crippen molar-refractivity contribution >= 4 is 17.3 Å². The number of thiazole rings is 1. The molecule has 0 aromatic carbocycles. The lowest BCUT2D eigenvalue weighted by molar-refractivity contribution is 0.507. The molecule has 0 fully saturated rings. The molecule has 2 N–H and O–H groups in total. The fourth-order valence-corrected chi connectivity index (χ4v) is 2.92. The van der Waals surface area contributed by atoms with Crippen LogP contribution in [0.5, 0.6) is 0 Å². The summed E-state index contributed by atoms with van der Waals surface area (Å²) in [5.41, 5.74) is 1.04. The van der Waals surface area contributed by atoms with Crippen molar-refractivity contribution in [2.24, 2.45) is 4.99 Å². The Morgan fingerprint density at radius 2 is 2.12 bits per heavy atom. The third-order valence-electron chi connectivity index (χ3n) is 3.33. The molecule has 0 aliphatic carbocycles. The van der Waals surface area contributed by atoms with Gasteiger partial charge in [-0.1, -0.05) is 19.1 Å². The molecule has 5 nitrogen and oxygen atoms in total. The maximum absolute atomic E-state index is 5.34. The number of aromatic nitrogens is 1. The zero-order chi connectivity index (χ0) is 17.2. The highest BCUT2D eigenvalue weighted by atomic mass is 32.1. The van der Waals surface area contributed by atoms with Crippen LogP contribution < -0.4 is 10.6 Å². The molecular formula is C18H26N4OS. The van der Waals surface area contributed by atoms with Gasteiger partial charge in [-0.3, -0.25) is 0 Å². The topological polar surface area (TPSA) is 62.5 Å². The minimum atomic E-state index is 0.618. The average Bonchev–Trinajstić information content (AvgIpc) is 3.23. The molecular weight excluding hydrogens is 320 g/mol. The van der Waals surface area contributed by atoms with Gasteiger partial charge in [0.2, 0.25) is 0 Å². The summed E-state index contributed by atoms with van der Waals surface area (Å²) in [7, 11) is 0. The SMILES string of the molecule is C=C(C)CN=C(NCCc1ccco1)NCCc1ncc(CC)s1. The first-order valence-electron chi connectivity index (χ1n) is 8.30. The molecule has 0 radical (unpaired) electrons. The van der Waals surface area contributed by atoms with Gasteiger partial charge in [-0.2, -0.15) is 0 Å². The number of aliphatic imine (C=N–C) groups is 1. The molecule has 0 aliphatic heterocycles.